The smallest absolute Gasteiger partial charge is 0.243 e. The molecule has 4 rings (SSSR count). The molecule has 2 aromatic rings. The summed E-state index contributed by atoms with van der Waals surface area (Å²) in [6.45, 7) is 1.83. The Morgan fingerprint density at radius 1 is 1.19 bits per heavy atom. The normalized spacial score (nSPS) is 18.4. The quantitative estimate of drug-likeness (QED) is 0.771. The van der Waals surface area contributed by atoms with Gasteiger partial charge < -0.3 is 9.64 Å². The lowest BCUT2D eigenvalue weighted by molar-refractivity contribution is -0.116. The van der Waals surface area contributed by atoms with Gasteiger partial charge in [0, 0.05) is 30.4 Å². The molecule has 2 aliphatic rings. The second kappa shape index (κ2) is 7.59. The molecule has 3 heterocycles. The topological polar surface area (TPSA) is 79.8 Å². The first-order chi connectivity index (χ1) is 13.1. The number of carbonyl (C=O) groups is 1. The fraction of sp³-hybridized carbons (Fsp3) is 0.333. The SMILES string of the molecule is O=C1CSc2ccc(S(=O)(=O)N3CCOCC3)cc2N1Cc1cccnc1. The second-order valence-corrected chi connectivity index (χ2v) is 9.23. The van der Waals surface area contributed by atoms with Crippen molar-refractivity contribution in [3.63, 3.8) is 0 Å². The molecule has 9 heteroatoms. The first-order valence-electron chi connectivity index (χ1n) is 8.60. The predicted octanol–water partition coefficient (Wildman–Crippen LogP) is 1.74. The third-order valence-corrected chi connectivity index (χ3v) is 7.49. The third kappa shape index (κ3) is 3.73. The number of hydrogen-bond acceptors (Lipinski definition) is 6. The van der Waals surface area contributed by atoms with Crippen LogP contribution in [0.5, 0.6) is 0 Å². The third-order valence-electron chi connectivity index (χ3n) is 4.54. The maximum atomic E-state index is 13.0. The number of rotatable bonds is 4. The molecule has 1 saturated heterocycles. The minimum atomic E-state index is -3.62. The molecule has 0 radical (unpaired) electrons. The number of aromatic nitrogens is 1. The zero-order valence-corrected chi connectivity index (χ0v) is 16.2. The average Bonchev–Trinajstić information content (AvgIpc) is 2.71. The van der Waals surface area contributed by atoms with Crippen LogP contribution in [0, 0.1) is 0 Å². The molecule has 1 aromatic heterocycles. The molecule has 7 nitrogen and oxygen atoms in total. The lowest BCUT2D eigenvalue weighted by atomic mass is 10.2. The van der Waals surface area contributed by atoms with E-state index in [-0.39, 0.29) is 10.8 Å². The van der Waals surface area contributed by atoms with Crippen LogP contribution >= 0.6 is 11.8 Å². The molecule has 1 amide bonds. The van der Waals surface area contributed by atoms with Crippen LogP contribution in [-0.2, 0) is 26.1 Å². The van der Waals surface area contributed by atoms with E-state index in [2.05, 4.69) is 4.98 Å². The molecule has 0 bridgehead atoms. The molecule has 0 unspecified atom stereocenters. The van der Waals surface area contributed by atoms with Crippen molar-refractivity contribution in [2.24, 2.45) is 0 Å². The molecule has 1 aromatic carbocycles. The van der Waals surface area contributed by atoms with Gasteiger partial charge in [0.15, 0.2) is 0 Å². The van der Waals surface area contributed by atoms with Gasteiger partial charge in [0.25, 0.3) is 0 Å². The van der Waals surface area contributed by atoms with E-state index in [1.54, 1.807) is 35.5 Å². The number of morpholine rings is 1. The van der Waals surface area contributed by atoms with Crippen molar-refractivity contribution >= 4 is 33.4 Å². The van der Waals surface area contributed by atoms with Crippen molar-refractivity contribution in [1.29, 1.82) is 0 Å². The lowest BCUT2D eigenvalue weighted by Crippen LogP contribution is -2.41. The zero-order valence-electron chi connectivity index (χ0n) is 14.6. The molecule has 0 atom stereocenters. The Labute approximate surface area is 162 Å². The van der Waals surface area contributed by atoms with Crippen molar-refractivity contribution in [2.45, 2.75) is 16.3 Å². The number of sulfonamides is 1. The van der Waals surface area contributed by atoms with Crippen LogP contribution < -0.4 is 4.90 Å². The van der Waals surface area contributed by atoms with Crippen molar-refractivity contribution in [1.82, 2.24) is 9.29 Å². The van der Waals surface area contributed by atoms with Crippen molar-refractivity contribution in [3.8, 4) is 0 Å². The molecule has 1 fully saturated rings. The molecule has 27 heavy (non-hydrogen) atoms. The minimum absolute atomic E-state index is 0.0442. The van der Waals surface area contributed by atoms with Crippen molar-refractivity contribution in [3.05, 3.63) is 48.3 Å². The summed E-state index contributed by atoms with van der Waals surface area (Å²) >= 11 is 1.43. The number of benzene rings is 1. The molecular weight excluding hydrogens is 386 g/mol. The fourth-order valence-electron chi connectivity index (χ4n) is 3.13. The van der Waals surface area contributed by atoms with E-state index in [9.17, 15) is 13.2 Å². The van der Waals surface area contributed by atoms with Gasteiger partial charge in [-0.2, -0.15) is 4.31 Å². The van der Waals surface area contributed by atoms with Crippen molar-refractivity contribution < 1.29 is 17.9 Å². The molecular formula is C18H19N3O4S2. The summed E-state index contributed by atoms with van der Waals surface area (Å²) in [6, 6.07) is 8.74. The van der Waals surface area contributed by atoms with E-state index in [0.717, 1.165) is 10.5 Å². The summed E-state index contributed by atoms with van der Waals surface area (Å²) in [6.07, 6.45) is 3.39. The lowest BCUT2D eigenvalue weighted by Gasteiger charge is -2.30. The summed E-state index contributed by atoms with van der Waals surface area (Å²) < 4.78 is 32.6. The Balaban J connectivity index is 1.69. The van der Waals surface area contributed by atoms with E-state index < -0.39 is 10.0 Å². The number of thioether (sulfide) groups is 1. The number of ether oxygens (including phenoxy) is 1. The number of carbonyl (C=O) groups excluding carboxylic acids is 1. The van der Waals surface area contributed by atoms with Crippen LogP contribution in [0.3, 0.4) is 0 Å². The Kier molecular flexibility index (Phi) is 5.18. The predicted molar refractivity (Wildman–Crippen MR) is 102 cm³/mol. The largest absolute Gasteiger partial charge is 0.379 e. The number of amides is 1. The Hall–Kier alpha value is -1.94. The summed E-state index contributed by atoms with van der Waals surface area (Å²) in [5.74, 6) is 0.292. The molecule has 0 aliphatic carbocycles. The average molecular weight is 406 g/mol. The first kappa shape index (κ1) is 18.4. The van der Waals surface area contributed by atoms with Gasteiger partial charge in [0.2, 0.25) is 15.9 Å². The molecule has 0 N–H and O–H groups in total. The number of pyridine rings is 1. The highest BCUT2D eigenvalue weighted by molar-refractivity contribution is 8.00. The van der Waals surface area contributed by atoms with Crippen LogP contribution in [-0.4, -0.2) is 55.7 Å². The maximum absolute atomic E-state index is 13.0. The summed E-state index contributed by atoms with van der Waals surface area (Å²) in [5.41, 5.74) is 1.53. The van der Waals surface area contributed by atoms with Gasteiger partial charge in [0.05, 0.1) is 36.1 Å². The fourth-order valence-corrected chi connectivity index (χ4v) is 5.47. The number of anilines is 1. The van der Waals surface area contributed by atoms with Gasteiger partial charge in [-0.3, -0.25) is 9.78 Å². The van der Waals surface area contributed by atoms with Crippen LogP contribution in [0.1, 0.15) is 5.56 Å². The van der Waals surface area contributed by atoms with Crippen LogP contribution in [0.15, 0.2) is 52.5 Å². The Morgan fingerprint density at radius 2 is 2.00 bits per heavy atom. The van der Waals surface area contributed by atoms with Crippen LogP contribution in [0.4, 0.5) is 5.69 Å². The highest BCUT2D eigenvalue weighted by Gasteiger charge is 2.30. The summed E-state index contributed by atoms with van der Waals surface area (Å²) in [5, 5.41) is 0. The minimum Gasteiger partial charge on any atom is -0.379 e. The standard InChI is InChI=1S/C18H19N3O4S2/c22-18-13-26-17-4-3-15(27(23,24)20-6-8-25-9-7-20)10-16(17)21(18)12-14-2-1-5-19-11-14/h1-5,10-11H,6-9,12-13H2. The van der Waals surface area contributed by atoms with Gasteiger partial charge >= 0.3 is 0 Å². The van der Waals surface area contributed by atoms with Gasteiger partial charge in [-0.25, -0.2) is 8.42 Å². The highest BCUT2D eigenvalue weighted by Crippen LogP contribution is 2.38. The molecule has 0 saturated carbocycles. The van der Waals surface area contributed by atoms with Crippen LogP contribution in [0.25, 0.3) is 0 Å². The molecule has 0 spiro atoms. The van der Waals surface area contributed by atoms with Gasteiger partial charge in [0.1, 0.15) is 0 Å². The number of fused-ring (bicyclic) bond motifs is 1. The number of nitrogens with zero attached hydrogens (tertiary/aromatic N) is 3. The first-order valence-corrected chi connectivity index (χ1v) is 11.0. The molecule has 2 aliphatic heterocycles. The Morgan fingerprint density at radius 3 is 2.74 bits per heavy atom. The van der Waals surface area contributed by atoms with Crippen LogP contribution in [0.2, 0.25) is 0 Å². The summed E-state index contributed by atoms with van der Waals surface area (Å²) in [7, 11) is -3.62. The zero-order chi connectivity index (χ0) is 18.9. The van der Waals surface area contributed by atoms with E-state index in [1.165, 1.54) is 16.1 Å². The van der Waals surface area contributed by atoms with Gasteiger partial charge in [-0.05, 0) is 29.8 Å². The van der Waals surface area contributed by atoms with E-state index >= 15 is 0 Å². The van der Waals surface area contributed by atoms with Crippen molar-refractivity contribution in [2.75, 3.05) is 37.0 Å². The highest BCUT2D eigenvalue weighted by atomic mass is 32.2. The Bertz CT molecular complexity index is 944. The monoisotopic (exact) mass is 405 g/mol. The van der Waals surface area contributed by atoms with E-state index in [0.29, 0.717) is 44.3 Å². The number of hydrogen-bond donors (Lipinski definition) is 0. The summed E-state index contributed by atoms with van der Waals surface area (Å²) in [4.78, 5) is 19.4. The van der Waals surface area contributed by atoms with E-state index in [4.69, 9.17) is 4.74 Å². The van der Waals surface area contributed by atoms with E-state index in [1.807, 2.05) is 12.1 Å². The molecule has 142 valence electrons. The van der Waals surface area contributed by atoms with Gasteiger partial charge in [-0.1, -0.05) is 6.07 Å². The second-order valence-electron chi connectivity index (χ2n) is 6.28. The maximum Gasteiger partial charge on any atom is 0.243 e. The van der Waals surface area contributed by atoms with Gasteiger partial charge in [-0.15, -0.1) is 11.8 Å².